The van der Waals surface area contributed by atoms with E-state index in [1.807, 2.05) is 0 Å². The number of amides is 2. The monoisotopic (exact) mass is 404 g/mol. The van der Waals surface area contributed by atoms with Gasteiger partial charge < -0.3 is 20.8 Å². The standard InChI is InChI=1S/C14H16N2O6S3/c1-3(17)15-13(11(19)20)5-6(13)9(5)23-25-24-10-7-8(10)14(7,12(21)22)16-4(2)18/h5-10H,1-2H3,(H,15,17)(H,16,18)(H,19,20)(H,21,22). The highest BCUT2D eigenvalue weighted by atomic mass is 33.5. The molecule has 25 heavy (non-hydrogen) atoms. The smallest absolute Gasteiger partial charge is 0.330 e. The molecule has 4 N–H and O–H groups in total. The predicted octanol–water partition coefficient (Wildman–Crippen LogP) is 0.191. The van der Waals surface area contributed by atoms with Gasteiger partial charge in [0.05, 0.1) is 0 Å². The summed E-state index contributed by atoms with van der Waals surface area (Å²) in [4.78, 5) is 45.0. The van der Waals surface area contributed by atoms with Gasteiger partial charge in [0.2, 0.25) is 11.8 Å². The Balaban J connectivity index is 1.20. The molecule has 0 saturated heterocycles. The number of rotatable bonds is 8. The molecule has 4 aliphatic rings. The number of hydrogen-bond acceptors (Lipinski definition) is 7. The van der Waals surface area contributed by atoms with Gasteiger partial charge in [0.25, 0.3) is 0 Å². The van der Waals surface area contributed by atoms with Crippen LogP contribution in [0.2, 0.25) is 0 Å². The predicted molar refractivity (Wildman–Crippen MR) is 92.7 cm³/mol. The summed E-state index contributed by atoms with van der Waals surface area (Å²) >= 11 is 0. The van der Waals surface area contributed by atoms with Crippen molar-refractivity contribution in [2.24, 2.45) is 23.7 Å². The normalized spacial score (nSPS) is 47.0. The third kappa shape index (κ3) is 2.24. The van der Waals surface area contributed by atoms with Crippen LogP contribution in [-0.4, -0.2) is 55.5 Å². The lowest BCUT2D eigenvalue weighted by Crippen LogP contribution is -2.50. The van der Waals surface area contributed by atoms with Gasteiger partial charge in [0.15, 0.2) is 0 Å². The lowest BCUT2D eigenvalue weighted by Gasteiger charge is -2.24. The number of aliphatic carboxylic acids is 2. The Morgan fingerprint density at radius 3 is 1.32 bits per heavy atom. The zero-order chi connectivity index (χ0) is 18.3. The minimum Gasteiger partial charge on any atom is -0.479 e. The lowest BCUT2D eigenvalue weighted by atomic mass is 10.1. The van der Waals surface area contributed by atoms with Crippen LogP contribution in [0, 0.1) is 23.7 Å². The minimum absolute atomic E-state index is 0.0155. The highest BCUT2D eigenvalue weighted by Gasteiger charge is 2.90. The molecule has 11 heteroatoms. The Kier molecular flexibility index (Phi) is 3.63. The van der Waals surface area contributed by atoms with Crippen LogP contribution in [0.3, 0.4) is 0 Å². The van der Waals surface area contributed by atoms with E-state index in [1.165, 1.54) is 13.8 Å². The van der Waals surface area contributed by atoms with Crippen molar-refractivity contribution in [3.8, 4) is 0 Å². The molecule has 0 aromatic heterocycles. The molecule has 0 spiro atoms. The van der Waals surface area contributed by atoms with Gasteiger partial charge in [0.1, 0.15) is 11.1 Å². The zero-order valence-corrected chi connectivity index (χ0v) is 15.7. The number of carboxylic acid groups (broad SMARTS) is 2. The maximum atomic E-state index is 11.3. The van der Waals surface area contributed by atoms with E-state index in [0.717, 1.165) is 0 Å². The molecule has 0 aliphatic heterocycles. The highest BCUT2D eigenvalue weighted by Crippen LogP contribution is 2.80. The van der Waals surface area contributed by atoms with Crippen LogP contribution in [0.1, 0.15) is 13.8 Å². The molecule has 0 aromatic carbocycles. The fraction of sp³-hybridized carbons (Fsp3) is 0.714. The molecule has 2 amide bonds. The first-order valence-electron chi connectivity index (χ1n) is 7.72. The molecule has 4 aliphatic carbocycles. The SMILES string of the molecule is CC(=O)NC1(C(=O)O)C2C(SSSC3C4C3C4(NC(C)=O)C(=O)O)C21. The van der Waals surface area contributed by atoms with Crippen LogP contribution < -0.4 is 10.6 Å². The van der Waals surface area contributed by atoms with E-state index in [0.29, 0.717) is 0 Å². The quantitative estimate of drug-likeness (QED) is 0.418. The van der Waals surface area contributed by atoms with Crippen LogP contribution >= 0.6 is 31.4 Å². The molecule has 4 atom stereocenters. The summed E-state index contributed by atoms with van der Waals surface area (Å²) in [6, 6.07) is 0. The second kappa shape index (κ2) is 5.23. The van der Waals surface area contributed by atoms with E-state index < -0.39 is 23.0 Å². The number of nitrogens with one attached hydrogen (secondary N) is 2. The van der Waals surface area contributed by atoms with Crippen molar-refractivity contribution in [3.63, 3.8) is 0 Å². The van der Waals surface area contributed by atoms with Gasteiger partial charge in [-0.2, -0.15) is 0 Å². The summed E-state index contributed by atoms with van der Waals surface area (Å²) in [6.07, 6.45) is 0. The first-order valence-corrected chi connectivity index (χ1v) is 11.3. The number of carbonyl (C=O) groups excluding carboxylic acids is 2. The van der Waals surface area contributed by atoms with E-state index in [9.17, 15) is 29.4 Å². The van der Waals surface area contributed by atoms with E-state index in [1.54, 1.807) is 31.4 Å². The summed E-state index contributed by atoms with van der Waals surface area (Å²) in [6.45, 7) is 2.64. The van der Waals surface area contributed by atoms with Crippen molar-refractivity contribution in [3.05, 3.63) is 0 Å². The number of carbonyl (C=O) groups is 4. The average Bonchev–Trinajstić information content (AvgIpc) is 3.33. The van der Waals surface area contributed by atoms with Crippen molar-refractivity contribution in [1.82, 2.24) is 10.6 Å². The maximum Gasteiger partial charge on any atom is 0.330 e. The van der Waals surface area contributed by atoms with Crippen molar-refractivity contribution in [1.29, 1.82) is 0 Å². The molecule has 0 heterocycles. The molecule has 8 nitrogen and oxygen atoms in total. The fourth-order valence-corrected chi connectivity index (χ4v) is 10.4. The summed E-state index contributed by atoms with van der Waals surface area (Å²) in [5, 5.41) is 24.1. The molecule has 0 aromatic rings. The largest absolute Gasteiger partial charge is 0.479 e. The zero-order valence-electron chi connectivity index (χ0n) is 13.2. The molecular formula is C14H16N2O6S3. The van der Waals surface area contributed by atoms with Gasteiger partial charge >= 0.3 is 11.9 Å². The summed E-state index contributed by atoms with van der Waals surface area (Å²) in [5.74, 6) is -2.68. The van der Waals surface area contributed by atoms with Crippen LogP contribution in [0.15, 0.2) is 0 Å². The third-order valence-electron chi connectivity index (χ3n) is 5.57. The second-order valence-corrected chi connectivity index (χ2v) is 11.4. The molecule has 4 rings (SSSR count). The van der Waals surface area contributed by atoms with Gasteiger partial charge in [-0.25, -0.2) is 9.59 Å². The van der Waals surface area contributed by atoms with Crippen LogP contribution in [0.25, 0.3) is 0 Å². The average molecular weight is 404 g/mol. The fourth-order valence-electron chi connectivity index (χ4n) is 4.20. The van der Waals surface area contributed by atoms with E-state index in [-0.39, 0.29) is 46.0 Å². The Morgan fingerprint density at radius 1 is 0.760 bits per heavy atom. The highest BCUT2D eigenvalue weighted by molar-refractivity contribution is 9.09. The molecule has 4 unspecified atom stereocenters. The molecule has 4 fully saturated rings. The molecule has 136 valence electrons. The first-order chi connectivity index (χ1) is 11.7. The van der Waals surface area contributed by atoms with Crippen molar-refractivity contribution in [2.75, 3.05) is 0 Å². The minimum atomic E-state index is -1.07. The third-order valence-corrected chi connectivity index (χ3v) is 10.6. The number of hydrogen-bond donors (Lipinski definition) is 4. The van der Waals surface area contributed by atoms with Gasteiger partial charge in [0, 0.05) is 48.0 Å². The van der Waals surface area contributed by atoms with Crippen molar-refractivity contribution < 1.29 is 29.4 Å². The van der Waals surface area contributed by atoms with Crippen LogP contribution in [0.4, 0.5) is 0 Å². The van der Waals surface area contributed by atoms with Gasteiger partial charge in [-0.05, 0) is 9.83 Å². The van der Waals surface area contributed by atoms with E-state index in [2.05, 4.69) is 10.6 Å². The van der Waals surface area contributed by atoms with E-state index in [4.69, 9.17) is 0 Å². The molecule has 0 radical (unpaired) electrons. The maximum absolute atomic E-state index is 11.3. The topological polar surface area (TPSA) is 133 Å². The van der Waals surface area contributed by atoms with E-state index >= 15 is 0 Å². The summed E-state index contributed by atoms with van der Waals surface area (Å²) in [7, 11) is 4.73. The molecular weight excluding hydrogens is 388 g/mol. The molecule has 0 bridgehead atoms. The van der Waals surface area contributed by atoms with Crippen molar-refractivity contribution >= 4 is 55.2 Å². The summed E-state index contributed by atoms with van der Waals surface area (Å²) in [5.41, 5.74) is -2.14. The van der Waals surface area contributed by atoms with Gasteiger partial charge in [-0.1, -0.05) is 21.6 Å². The van der Waals surface area contributed by atoms with Crippen LogP contribution in [0.5, 0.6) is 0 Å². The molecule has 4 saturated carbocycles. The van der Waals surface area contributed by atoms with Crippen LogP contribution in [-0.2, 0) is 19.2 Å². The lowest BCUT2D eigenvalue weighted by molar-refractivity contribution is -0.145. The number of carboxylic acids is 2. The second-order valence-electron chi connectivity index (χ2n) is 7.00. The van der Waals surface area contributed by atoms with Gasteiger partial charge in [-0.15, -0.1) is 0 Å². The Labute approximate surface area is 154 Å². The Morgan fingerprint density at radius 2 is 1.08 bits per heavy atom. The Bertz CT molecular complexity index is 637. The van der Waals surface area contributed by atoms with Crippen molar-refractivity contribution in [2.45, 2.75) is 35.4 Å². The summed E-state index contributed by atoms with van der Waals surface area (Å²) < 4.78 is 0. The van der Waals surface area contributed by atoms with Gasteiger partial charge in [-0.3, -0.25) is 9.59 Å². The Hall–Kier alpha value is -1.07. The first kappa shape index (κ1) is 17.3. The number of fused-ring (bicyclic) bond motifs is 2.